The summed E-state index contributed by atoms with van der Waals surface area (Å²) in [7, 11) is 0. The summed E-state index contributed by atoms with van der Waals surface area (Å²) in [5.74, 6) is -0.775. The minimum Gasteiger partial charge on any atom is -0.479 e. The number of hydrogen-bond acceptors (Lipinski definition) is 4. The van der Waals surface area contributed by atoms with Gasteiger partial charge in [0, 0.05) is 24.6 Å². The van der Waals surface area contributed by atoms with Crippen LogP contribution < -0.4 is 4.74 Å². The van der Waals surface area contributed by atoms with Gasteiger partial charge in [0.25, 0.3) is 0 Å². The Balaban J connectivity index is 2.41. The van der Waals surface area contributed by atoms with E-state index in [9.17, 15) is 14.7 Å². The van der Waals surface area contributed by atoms with Crippen LogP contribution in [0.15, 0.2) is 12.1 Å². The van der Waals surface area contributed by atoms with Crippen LogP contribution in [0.25, 0.3) is 0 Å². The highest BCUT2D eigenvalue weighted by Gasteiger charge is 2.36. The smallest absolute Gasteiger partial charge is 0.408 e. The number of carboxylic acids is 1. The first-order valence-electron chi connectivity index (χ1n) is 5.89. The molecule has 1 aliphatic heterocycles. The quantitative estimate of drug-likeness (QED) is 0.851. The lowest BCUT2D eigenvalue weighted by Gasteiger charge is -2.32. The summed E-state index contributed by atoms with van der Waals surface area (Å²) in [4.78, 5) is 27.5. The van der Waals surface area contributed by atoms with Gasteiger partial charge in [-0.15, -0.1) is 0 Å². The minimum absolute atomic E-state index is 0.113. The first-order valence-corrected chi connectivity index (χ1v) is 5.89. The molecule has 1 aromatic heterocycles. The van der Waals surface area contributed by atoms with Crippen LogP contribution in [-0.2, 0) is 11.2 Å². The zero-order valence-electron chi connectivity index (χ0n) is 10.4. The number of carboxylic acid groups (broad SMARTS) is 2. The van der Waals surface area contributed by atoms with Gasteiger partial charge in [-0.25, -0.2) is 14.6 Å². The SMILES string of the molecule is CCOc1ccc2c(n1)CCN(C(=O)O)C2C(=O)O. The number of nitrogens with zero attached hydrogens (tertiary/aromatic N) is 2. The molecule has 7 nitrogen and oxygen atoms in total. The van der Waals surface area contributed by atoms with Crippen molar-refractivity contribution in [2.45, 2.75) is 19.4 Å². The Morgan fingerprint density at radius 3 is 2.79 bits per heavy atom. The predicted octanol–water partition coefficient (Wildman–Crippen LogP) is 1.14. The number of carbonyl (C=O) groups is 2. The summed E-state index contributed by atoms with van der Waals surface area (Å²) in [6, 6.07) is 1.93. The molecule has 0 spiro atoms. The van der Waals surface area contributed by atoms with E-state index in [0.717, 1.165) is 4.90 Å². The summed E-state index contributed by atoms with van der Waals surface area (Å²) in [6.07, 6.45) is -0.862. The maximum absolute atomic E-state index is 11.3. The van der Waals surface area contributed by atoms with Gasteiger partial charge in [0.05, 0.1) is 12.3 Å². The molecule has 0 saturated heterocycles. The van der Waals surface area contributed by atoms with E-state index in [2.05, 4.69) is 4.98 Å². The molecule has 2 rings (SSSR count). The second-order valence-corrected chi connectivity index (χ2v) is 4.09. The molecule has 1 atom stereocenters. The third-order valence-electron chi connectivity index (χ3n) is 2.95. The molecule has 0 radical (unpaired) electrons. The summed E-state index contributed by atoms with van der Waals surface area (Å²) in [5, 5.41) is 18.3. The average Bonchev–Trinajstić information content (AvgIpc) is 2.37. The fourth-order valence-electron chi connectivity index (χ4n) is 2.17. The van der Waals surface area contributed by atoms with Gasteiger partial charge in [-0.3, -0.25) is 4.90 Å². The zero-order chi connectivity index (χ0) is 14.0. The zero-order valence-corrected chi connectivity index (χ0v) is 10.4. The number of ether oxygens (including phenoxy) is 1. The van der Waals surface area contributed by atoms with Crippen molar-refractivity contribution in [2.75, 3.05) is 13.2 Å². The number of fused-ring (bicyclic) bond motifs is 1. The highest BCUT2D eigenvalue weighted by molar-refractivity contribution is 5.81. The summed E-state index contributed by atoms with van der Waals surface area (Å²) < 4.78 is 5.25. The Hall–Kier alpha value is -2.31. The summed E-state index contributed by atoms with van der Waals surface area (Å²) in [5.41, 5.74) is 0.987. The molecular weight excluding hydrogens is 252 g/mol. The van der Waals surface area contributed by atoms with E-state index in [1.807, 2.05) is 6.92 Å². The summed E-state index contributed by atoms with van der Waals surface area (Å²) >= 11 is 0. The van der Waals surface area contributed by atoms with Crippen molar-refractivity contribution in [2.24, 2.45) is 0 Å². The molecule has 19 heavy (non-hydrogen) atoms. The van der Waals surface area contributed by atoms with Gasteiger partial charge in [0.2, 0.25) is 5.88 Å². The molecule has 2 N–H and O–H groups in total. The third-order valence-corrected chi connectivity index (χ3v) is 2.95. The Kier molecular flexibility index (Phi) is 3.55. The number of amides is 1. The van der Waals surface area contributed by atoms with E-state index in [-0.39, 0.29) is 6.54 Å². The Bertz CT molecular complexity index is 517. The normalized spacial score (nSPS) is 17.7. The third kappa shape index (κ3) is 2.44. The van der Waals surface area contributed by atoms with Crippen LogP contribution in [0.3, 0.4) is 0 Å². The maximum Gasteiger partial charge on any atom is 0.408 e. The molecule has 7 heteroatoms. The van der Waals surface area contributed by atoms with Crippen molar-refractivity contribution in [3.05, 3.63) is 23.4 Å². The van der Waals surface area contributed by atoms with Gasteiger partial charge < -0.3 is 14.9 Å². The standard InChI is InChI=1S/C12H14N2O5/c1-2-19-9-4-3-7-8(13-9)5-6-14(12(17)18)10(7)11(15)16/h3-4,10H,2,5-6H2,1H3,(H,15,16)(H,17,18). The Labute approximate surface area is 109 Å². The number of pyridine rings is 1. The van der Waals surface area contributed by atoms with Crippen LogP contribution in [0, 0.1) is 0 Å². The molecule has 0 aliphatic carbocycles. The first-order chi connectivity index (χ1) is 9.04. The van der Waals surface area contributed by atoms with Crippen molar-refractivity contribution >= 4 is 12.1 Å². The molecule has 1 amide bonds. The molecule has 2 heterocycles. The highest BCUT2D eigenvalue weighted by Crippen LogP contribution is 2.30. The first kappa shape index (κ1) is 13.1. The fourth-order valence-corrected chi connectivity index (χ4v) is 2.17. The molecule has 1 aliphatic rings. The number of rotatable bonds is 3. The predicted molar refractivity (Wildman–Crippen MR) is 64.2 cm³/mol. The van der Waals surface area contributed by atoms with E-state index in [1.54, 1.807) is 12.1 Å². The minimum atomic E-state index is -1.24. The van der Waals surface area contributed by atoms with Gasteiger partial charge in [-0.1, -0.05) is 0 Å². The van der Waals surface area contributed by atoms with E-state index >= 15 is 0 Å². The second kappa shape index (κ2) is 5.13. The molecule has 0 aromatic carbocycles. The van der Waals surface area contributed by atoms with Gasteiger partial charge >= 0.3 is 12.1 Å². The van der Waals surface area contributed by atoms with Crippen molar-refractivity contribution < 1.29 is 24.5 Å². The van der Waals surface area contributed by atoms with Gasteiger partial charge in [0.1, 0.15) is 0 Å². The molecule has 1 aromatic rings. The molecule has 0 saturated carbocycles. The topological polar surface area (TPSA) is 100.0 Å². The van der Waals surface area contributed by atoms with E-state index in [0.29, 0.717) is 30.2 Å². The molecule has 0 bridgehead atoms. The molecule has 102 valence electrons. The lowest BCUT2D eigenvalue weighted by atomic mass is 9.97. The van der Waals surface area contributed by atoms with Crippen molar-refractivity contribution in [1.29, 1.82) is 0 Å². The number of aliphatic carboxylic acids is 1. The van der Waals surface area contributed by atoms with Crippen LogP contribution in [0.1, 0.15) is 24.2 Å². The highest BCUT2D eigenvalue weighted by atomic mass is 16.5. The average molecular weight is 266 g/mol. The van der Waals surface area contributed by atoms with Crippen LogP contribution >= 0.6 is 0 Å². The largest absolute Gasteiger partial charge is 0.479 e. The number of aromatic nitrogens is 1. The van der Waals surface area contributed by atoms with Crippen LogP contribution in [0.4, 0.5) is 4.79 Å². The van der Waals surface area contributed by atoms with Gasteiger partial charge in [-0.2, -0.15) is 0 Å². The molecule has 1 unspecified atom stereocenters. The maximum atomic E-state index is 11.3. The lowest BCUT2D eigenvalue weighted by Crippen LogP contribution is -2.43. The fraction of sp³-hybridized carbons (Fsp3) is 0.417. The van der Waals surface area contributed by atoms with Gasteiger partial charge in [0.15, 0.2) is 6.04 Å². The molecular formula is C12H14N2O5. The summed E-state index contributed by atoms with van der Waals surface area (Å²) in [6.45, 7) is 2.41. The van der Waals surface area contributed by atoms with Crippen LogP contribution in [0.5, 0.6) is 5.88 Å². The van der Waals surface area contributed by atoms with Crippen molar-refractivity contribution in [3.8, 4) is 5.88 Å². The Morgan fingerprint density at radius 1 is 1.47 bits per heavy atom. The van der Waals surface area contributed by atoms with Crippen LogP contribution in [-0.4, -0.2) is 45.3 Å². The lowest BCUT2D eigenvalue weighted by molar-refractivity contribution is -0.143. The monoisotopic (exact) mass is 266 g/mol. The van der Waals surface area contributed by atoms with Crippen LogP contribution in [0.2, 0.25) is 0 Å². The van der Waals surface area contributed by atoms with Gasteiger partial charge in [-0.05, 0) is 13.0 Å². The van der Waals surface area contributed by atoms with Crippen molar-refractivity contribution in [3.63, 3.8) is 0 Å². The Morgan fingerprint density at radius 2 is 2.21 bits per heavy atom. The molecule has 0 fully saturated rings. The number of hydrogen-bond donors (Lipinski definition) is 2. The van der Waals surface area contributed by atoms with E-state index in [1.165, 1.54) is 0 Å². The second-order valence-electron chi connectivity index (χ2n) is 4.09. The van der Waals surface area contributed by atoms with E-state index in [4.69, 9.17) is 9.84 Å². The van der Waals surface area contributed by atoms with Crippen molar-refractivity contribution in [1.82, 2.24) is 9.88 Å². The van der Waals surface area contributed by atoms with E-state index < -0.39 is 18.1 Å².